The number of nitrogens with one attached hydrogen (secondary N) is 1. The number of ether oxygens (including phenoxy) is 1. The summed E-state index contributed by atoms with van der Waals surface area (Å²) in [4.78, 5) is 0. The van der Waals surface area contributed by atoms with Gasteiger partial charge in [0.05, 0.1) is 23.7 Å². The van der Waals surface area contributed by atoms with Crippen LogP contribution in [-0.2, 0) is 4.74 Å². The van der Waals surface area contributed by atoms with Gasteiger partial charge in [-0.2, -0.15) is 0 Å². The Morgan fingerprint density at radius 3 is 2.75 bits per heavy atom. The summed E-state index contributed by atoms with van der Waals surface area (Å²) in [7, 11) is 0. The van der Waals surface area contributed by atoms with Crippen LogP contribution in [0.5, 0.6) is 0 Å². The highest BCUT2D eigenvalue weighted by Crippen LogP contribution is 2.33. The Morgan fingerprint density at radius 1 is 1.44 bits per heavy atom. The average Bonchev–Trinajstić information content (AvgIpc) is 2.25. The lowest BCUT2D eigenvalue weighted by atomic mass is 10.2. The molecule has 0 radical (unpaired) electrons. The van der Waals surface area contributed by atoms with Crippen LogP contribution in [0.3, 0.4) is 0 Å². The molecule has 0 saturated carbocycles. The molecule has 0 unspecified atom stereocenters. The maximum absolute atomic E-state index is 13.6. The van der Waals surface area contributed by atoms with Gasteiger partial charge in [0.25, 0.3) is 0 Å². The van der Waals surface area contributed by atoms with Crippen LogP contribution in [0, 0.1) is 5.82 Å². The van der Waals surface area contributed by atoms with Crippen molar-refractivity contribution >= 4 is 28.7 Å². The summed E-state index contributed by atoms with van der Waals surface area (Å²) in [5.41, 5.74) is 11.6. The van der Waals surface area contributed by atoms with Gasteiger partial charge in [-0.3, -0.25) is 0 Å². The highest BCUT2D eigenvalue weighted by Gasteiger charge is 2.13. The van der Waals surface area contributed by atoms with Gasteiger partial charge in [0.2, 0.25) is 0 Å². The molecule has 0 saturated heterocycles. The largest absolute Gasteiger partial charge is 0.397 e. The molecular formula is C10H15ClFN3O. The van der Waals surface area contributed by atoms with E-state index in [0.717, 1.165) is 0 Å². The maximum Gasteiger partial charge on any atom is 0.169 e. The Balaban J connectivity index is 2.76. The molecular weight excluding hydrogens is 233 g/mol. The standard InChI is InChI=1S/C10H15ClFN3O/c1-2-16-4-3-15-10-7(14)5-6(13)8(11)9(10)12/h5,15H,2-4,13-14H2,1H3. The highest BCUT2D eigenvalue weighted by molar-refractivity contribution is 6.33. The van der Waals surface area contributed by atoms with E-state index in [2.05, 4.69) is 5.32 Å². The van der Waals surface area contributed by atoms with Crippen LogP contribution in [0.15, 0.2) is 6.07 Å². The molecule has 0 amide bonds. The minimum atomic E-state index is -0.629. The van der Waals surface area contributed by atoms with Crippen LogP contribution in [0.1, 0.15) is 6.92 Å². The van der Waals surface area contributed by atoms with Crippen molar-refractivity contribution in [2.45, 2.75) is 6.92 Å². The van der Waals surface area contributed by atoms with E-state index >= 15 is 0 Å². The van der Waals surface area contributed by atoms with Gasteiger partial charge in [-0.15, -0.1) is 0 Å². The molecule has 0 heterocycles. The predicted octanol–water partition coefficient (Wildman–Crippen LogP) is 2.09. The molecule has 0 aliphatic heterocycles. The van der Waals surface area contributed by atoms with E-state index in [1.165, 1.54) is 6.07 Å². The number of benzene rings is 1. The second-order valence-electron chi connectivity index (χ2n) is 3.18. The fraction of sp³-hybridized carbons (Fsp3) is 0.400. The van der Waals surface area contributed by atoms with Crippen molar-refractivity contribution in [3.63, 3.8) is 0 Å². The van der Waals surface area contributed by atoms with Crippen molar-refractivity contribution in [1.82, 2.24) is 0 Å². The molecule has 1 aromatic rings. The van der Waals surface area contributed by atoms with Crippen molar-refractivity contribution in [3.8, 4) is 0 Å². The third-order valence-electron chi connectivity index (χ3n) is 2.02. The molecule has 4 nitrogen and oxygen atoms in total. The van der Waals surface area contributed by atoms with Crippen LogP contribution in [0.4, 0.5) is 21.5 Å². The molecule has 6 heteroatoms. The second kappa shape index (κ2) is 5.77. The minimum absolute atomic E-state index is 0.117. The maximum atomic E-state index is 13.6. The first-order chi connectivity index (χ1) is 7.57. The minimum Gasteiger partial charge on any atom is -0.397 e. The van der Waals surface area contributed by atoms with Crippen LogP contribution in [0.2, 0.25) is 5.02 Å². The fourth-order valence-electron chi connectivity index (χ4n) is 1.24. The molecule has 0 aliphatic carbocycles. The number of hydrogen-bond acceptors (Lipinski definition) is 4. The Kier molecular flexibility index (Phi) is 4.64. The molecule has 90 valence electrons. The van der Waals surface area contributed by atoms with E-state index in [1.54, 1.807) is 0 Å². The predicted molar refractivity (Wildman–Crippen MR) is 65.2 cm³/mol. The van der Waals surface area contributed by atoms with Gasteiger partial charge in [-0.1, -0.05) is 11.6 Å². The van der Waals surface area contributed by atoms with E-state index in [4.69, 9.17) is 27.8 Å². The van der Waals surface area contributed by atoms with Gasteiger partial charge in [0.15, 0.2) is 5.82 Å². The summed E-state index contributed by atoms with van der Waals surface area (Å²) in [6, 6.07) is 1.43. The van der Waals surface area contributed by atoms with Gasteiger partial charge in [-0.05, 0) is 13.0 Å². The third-order valence-corrected chi connectivity index (χ3v) is 2.40. The molecule has 5 N–H and O–H groups in total. The van der Waals surface area contributed by atoms with Crippen LogP contribution >= 0.6 is 11.6 Å². The van der Waals surface area contributed by atoms with E-state index in [9.17, 15) is 4.39 Å². The topological polar surface area (TPSA) is 73.3 Å². The van der Waals surface area contributed by atoms with Crippen molar-refractivity contribution in [3.05, 3.63) is 16.9 Å². The summed E-state index contributed by atoms with van der Waals surface area (Å²) >= 11 is 5.67. The molecule has 16 heavy (non-hydrogen) atoms. The Bertz CT molecular complexity index is 374. The van der Waals surface area contributed by atoms with Crippen LogP contribution in [-0.4, -0.2) is 19.8 Å². The first-order valence-corrected chi connectivity index (χ1v) is 5.30. The normalized spacial score (nSPS) is 10.4. The summed E-state index contributed by atoms with van der Waals surface area (Å²) in [5.74, 6) is -0.629. The van der Waals surface area contributed by atoms with Gasteiger partial charge in [-0.25, -0.2) is 4.39 Å². The molecule has 0 aliphatic rings. The Morgan fingerprint density at radius 2 is 2.12 bits per heavy atom. The number of hydrogen-bond donors (Lipinski definition) is 3. The summed E-state index contributed by atoms with van der Waals surface area (Å²) in [6.07, 6.45) is 0. The second-order valence-corrected chi connectivity index (χ2v) is 3.56. The van der Waals surface area contributed by atoms with Gasteiger partial charge in [0, 0.05) is 13.2 Å². The van der Waals surface area contributed by atoms with E-state index in [1.807, 2.05) is 6.92 Å². The van der Waals surface area contributed by atoms with Crippen molar-refractivity contribution in [2.24, 2.45) is 0 Å². The molecule has 1 aromatic carbocycles. The Labute approximate surface area is 98.7 Å². The molecule has 0 aromatic heterocycles. The van der Waals surface area contributed by atoms with E-state index in [0.29, 0.717) is 19.8 Å². The zero-order valence-electron chi connectivity index (χ0n) is 9.02. The number of anilines is 3. The SMILES string of the molecule is CCOCCNc1c(N)cc(N)c(Cl)c1F. The fourth-order valence-corrected chi connectivity index (χ4v) is 1.39. The number of halogens is 2. The zero-order valence-corrected chi connectivity index (χ0v) is 9.77. The van der Waals surface area contributed by atoms with E-state index < -0.39 is 5.82 Å². The monoisotopic (exact) mass is 247 g/mol. The molecule has 0 atom stereocenters. The summed E-state index contributed by atoms with van der Waals surface area (Å²) in [5, 5.41) is 2.70. The van der Waals surface area contributed by atoms with Crippen molar-refractivity contribution in [2.75, 3.05) is 36.5 Å². The van der Waals surface area contributed by atoms with Crippen molar-refractivity contribution in [1.29, 1.82) is 0 Å². The third kappa shape index (κ3) is 2.90. The highest BCUT2D eigenvalue weighted by atomic mass is 35.5. The summed E-state index contributed by atoms with van der Waals surface area (Å²) in [6.45, 7) is 3.42. The van der Waals surface area contributed by atoms with Crippen molar-refractivity contribution < 1.29 is 9.13 Å². The van der Waals surface area contributed by atoms with Crippen LogP contribution in [0.25, 0.3) is 0 Å². The molecule has 0 fully saturated rings. The number of rotatable bonds is 5. The smallest absolute Gasteiger partial charge is 0.169 e. The number of nitrogen functional groups attached to an aromatic ring is 2. The lowest BCUT2D eigenvalue weighted by Gasteiger charge is -2.12. The lowest BCUT2D eigenvalue weighted by Crippen LogP contribution is -2.12. The lowest BCUT2D eigenvalue weighted by molar-refractivity contribution is 0.158. The molecule has 0 spiro atoms. The zero-order chi connectivity index (χ0) is 12.1. The van der Waals surface area contributed by atoms with Gasteiger partial charge >= 0.3 is 0 Å². The first-order valence-electron chi connectivity index (χ1n) is 4.92. The molecule has 1 rings (SSSR count). The van der Waals surface area contributed by atoms with Crippen LogP contribution < -0.4 is 16.8 Å². The first kappa shape index (κ1) is 12.9. The average molecular weight is 248 g/mol. The quantitative estimate of drug-likeness (QED) is 0.550. The van der Waals surface area contributed by atoms with Gasteiger partial charge in [0.1, 0.15) is 5.02 Å². The Hall–Kier alpha value is -1.20. The van der Waals surface area contributed by atoms with Gasteiger partial charge < -0.3 is 21.5 Å². The number of nitrogens with two attached hydrogens (primary N) is 2. The molecule has 0 bridgehead atoms. The van der Waals surface area contributed by atoms with E-state index in [-0.39, 0.29) is 22.1 Å². The summed E-state index contributed by atoms with van der Waals surface area (Å²) < 4.78 is 18.7.